The van der Waals surface area contributed by atoms with Crippen LogP contribution in [0.4, 0.5) is 0 Å². The number of rotatable bonds is 0. The second-order valence-corrected chi connectivity index (χ2v) is 9.07. The first-order valence-electron chi connectivity index (χ1n) is 9.14. The molecule has 0 aromatic carbocycles. The number of ketones is 2. The molecule has 0 amide bonds. The second-order valence-electron chi connectivity index (χ2n) is 9.07. The van der Waals surface area contributed by atoms with E-state index in [1.807, 2.05) is 6.92 Å². The average Bonchev–Trinajstić information content (AvgIpc) is 2.84. The Kier molecular flexibility index (Phi) is 3.03. The van der Waals surface area contributed by atoms with Crippen molar-refractivity contribution in [3.05, 3.63) is 11.6 Å². The fourth-order valence-corrected chi connectivity index (χ4v) is 6.73. The predicted molar refractivity (Wildman–Crippen MR) is 86.3 cm³/mol. The largest absolute Gasteiger partial charge is 0.295 e. The standard InChI is InChI=1S/C20H28O2/c1-12-11-20(3)15-6-8-19(2)7-4-5-14(19)13(15)9-18(22)16(20)10-17(12)21/h10,12-15H,4-9,11H2,1-3H3/t12?,13-,14-,15-,19-,20+/m0/s1. The van der Waals surface area contributed by atoms with Crippen LogP contribution >= 0.6 is 0 Å². The number of hydrogen-bond donors (Lipinski definition) is 0. The average molecular weight is 300 g/mol. The third kappa shape index (κ3) is 1.79. The molecule has 0 saturated heterocycles. The lowest BCUT2D eigenvalue weighted by atomic mass is 9.46. The zero-order valence-corrected chi connectivity index (χ0v) is 14.2. The van der Waals surface area contributed by atoms with Crippen LogP contribution in [0.3, 0.4) is 0 Å². The summed E-state index contributed by atoms with van der Waals surface area (Å²) in [6, 6.07) is 0. The molecule has 0 aromatic heterocycles. The zero-order chi connectivity index (χ0) is 15.7. The highest BCUT2D eigenvalue weighted by molar-refractivity contribution is 6.06. The van der Waals surface area contributed by atoms with E-state index < -0.39 is 0 Å². The van der Waals surface area contributed by atoms with Gasteiger partial charge in [-0.3, -0.25) is 9.59 Å². The quantitative estimate of drug-likeness (QED) is 0.667. The van der Waals surface area contributed by atoms with Crippen LogP contribution in [0.25, 0.3) is 0 Å². The highest BCUT2D eigenvalue weighted by Gasteiger charge is 2.58. The lowest BCUT2D eigenvalue weighted by Gasteiger charge is -2.57. The van der Waals surface area contributed by atoms with Gasteiger partial charge in [-0.15, -0.1) is 0 Å². The van der Waals surface area contributed by atoms with Gasteiger partial charge < -0.3 is 0 Å². The van der Waals surface area contributed by atoms with Gasteiger partial charge >= 0.3 is 0 Å². The maximum Gasteiger partial charge on any atom is 0.159 e. The minimum absolute atomic E-state index is 0.0444. The number of carbonyl (C=O) groups is 2. The molecule has 0 aliphatic heterocycles. The smallest absolute Gasteiger partial charge is 0.159 e. The summed E-state index contributed by atoms with van der Waals surface area (Å²) in [6.45, 7) is 6.79. The van der Waals surface area contributed by atoms with E-state index in [9.17, 15) is 9.59 Å². The van der Waals surface area contributed by atoms with Crippen LogP contribution in [0.15, 0.2) is 11.6 Å². The molecule has 2 nitrogen and oxygen atoms in total. The van der Waals surface area contributed by atoms with Gasteiger partial charge in [0.1, 0.15) is 0 Å². The van der Waals surface area contributed by atoms with Crippen molar-refractivity contribution in [2.45, 2.75) is 65.7 Å². The van der Waals surface area contributed by atoms with Crippen LogP contribution in [0.1, 0.15) is 65.7 Å². The van der Waals surface area contributed by atoms with Crippen molar-refractivity contribution in [2.24, 2.45) is 34.5 Å². The highest BCUT2D eigenvalue weighted by atomic mass is 16.1. The van der Waals surface area contributed by atoms with Gasteiger partial charge in [-0.25, -0.2) is 0 Å². The Morgan fingerprint density at radius 3 is 2.64 bits per heavy atom. The van der Waals surface area contributed by atoms with Crippen LogP contribution < -0.4 is 0 Å². The van der Waals surface area contributed by atoms with Crippen molar-refractivity contribution in [1.82, 2.24) is 0 Å². The van der Waals surface area contributed by atoms with E-state index in [-0.39, 0.29) is 22.9 Å². The number of allylic oxidation sites excluding steroid dienone is 1. The van der Waals surface area contributed by atoms with Crippen molar-refractivity contribution >= 4 is 11.6 Å². The Labute approximate surface area is 133 Å². The summed E-state index contributed by atoms with van der Waals surface area (Å²) in [5, 5.41) is 0. The van der Waals surface area contributed by atoms with E-state index in [1.165, 1.54) is 32.1 Å². The van der Waals surface area contributed by atoms with Gasteiger partial charge in [0.2, 0.25) is 0 Å². The summed E-state index contributed by atoms with van der Waals surface area (Å²) in [7, 11) is 0. The molecular formula is C20H28O2. The summed E-state index contributed by atoms with van der Waals surface area (Å²) in [5.41, 5.74) is 1.31. The molecule has 6 atom stereocenters. The lowest BCUT2D eigenvalue weighted by molar-refractivity contribution is -0.132. The van der Waals surface area contributed by atoms with E-state index in [4.69, 9.17) is 0 Å². The fraction of sp³-hybridized carbons (Fsp3) is 0.800. The summed E-state index contributed by atoms with van der Waals surface area (Å²) >= 11 is 0. The summed E-state index contributed by atoms with van der Waals surface area (Å²) in [6.07, 6.45) is 9.87. The van der Waals surface area contributed by atoms with E-state index in [1.54, 1.807) is 6.08 Å². The minimum Gasteiger partial charge on any atom is -0.295 e. The molecule has 0 bridgehead atoms. The lowest BCUT2D eigenvalue weighted by Crippen LogP contribution is -2.52. The highest BCUT2D eigenvalue weighted by Crippen LogP contribution is 2.64. The second kappa shape index (κ2) is 4.55. The first-order chi connectivity index (χ1) is 10.3. The van der Waals surface area contributed by atoms with Crippen LogP contribution in [0.5, 0.6) is 0 Å². The van der Waals surface area contributed by atoms with Gasteiger partial charge in [-0.05, 0) is 66.8 Å². The molecule has 1 unspecified atom stereocenters. The molecule has 120 valence electrons. The maximum absolute atomic E-state index is 12.8. The van der Waals surface area contributed by atoms with Gasteiger partial charge in [-0.1, -0.05) is 27.2 Å². The molecule has 4 rings (SSSR count). The van der Waals surface area contributed by atoms with E-state index in [0.29, 0.717) is 23.7 Å². The van der Waals surface area contributed by atoms with Gasteiger partial charge in [0.25, 0.3) is 0 Å². The van der Waals surface area contributed by atoms with Crippen molar-refractivity contribution in [3.63, 3.8) is 0 Å². The number of carbonyl (C=O) groups excluding carboxylic acids is 2. The van der Waals surface area contributed by atoms with Gasteiger partial charge in [0.05, 0.1) is 0 Å². The van der Waals surface area contributed by atoms with Crippen LogP contribution in [0.2, 0.25) is 0 Å². The maximum atomic E-state index is 12.8. The Morgan fingerprint density at radius 2 is 1.86 bits per heavy atom. The van der Waals surface area contributed by atoms with Gasteiger partial charge in [0, 0.05) is 17.9 Å². The monoisotopic (exact) mass is 300 g/mol. The molecule has 4 aliphatic carbocycles. The topological polar surface area (TPSA) is 34.1 Å². The number of hydrogen-bond acceptors (Lipinski definition) is 2. The van der Waals surface area contributed by atoms with Crippen molar-refractivity contribution < 1.29 is 9.59 Å². The predicted octanol–water partition coefficient (Wildman–Crippen LogP) is 4.33. The third-order valence-corrected chi connectivity index (χ3v) is 7.88. The molecule has 3 fully saturated rings. The Bertz CT molecular complexity index is 574. The summed E-state index contributed by atoms with van der Waals surface area (Å²) in [4.78, 5) is 24.9. The normalized spacial score (nSPS) is 51.0. The molecule has 0 heterocycles. The van der Waals surface area contributed by atoms with Crippen LogP contribution in [-0.2, 0) is 9.59 Å². The molecule has 0 spiro atoms. The number of Topliss-reactive ketones (excluding diaryl/α,β-unsaturated/α-hetero) is 1. The molecule has 2 heteroatoms. The summed E-state index contributed by atoms with van der Waals surface area (Å²) < 4.78 is 0. The molecule has 22 heavy (non-hydrogen) atoms. The third-order valence-electron chi connectivity index (χ3n) is 7.88. The minimum atomic E-state index is -0.0444. The van der Waals surface area contributed by atoms with E-state index in [0.717, 1.165) is 17.9 Å². The van der Waals surface area contributed by atoms with Gasteiger partial charge in [-0.2, -0.15) is 0 Å². The fourth-order valence-electron chi connectivity index (χ4n) is 6.73. The first-order valence-corrected chi connectivity index (χ1v) is 9.14. The molecule has 0 aromatic rings. The zero-order valence-electron chi connectivity index (χ0n) is 14.2. The molecular weight excluding hydrogens is 272 g/mol. The van der Waals surface area contributed by atoms with E-state index >= 15 is 0 Å². The van der Waals surface area contributed by atoms with Gasteiger partial charge in [0.15, 0.2) is 11.6 Å². The Balaban J connectivity index is 1.76. The first kappa shape index (κ1) is 14.7. The number of fused-ring (bicyclic) bond motifs is 5. The molecule has 4 aliphatic rings. The molecule has 0 radical (unpaired) electrons. The van der Waals surface area contributed by atoms with Crippen LogP contribution in [0, 0.1) is 34.5 Å². The SMILES string of the molecule is CC1C[C@@]2(C)C(=CC1=O)C(=O)C[C@H]1[C@@H]3CCC[C@@]3(C)CC[C@@H]12. The summed E-state index contributed by atoms with van der Waals surface area (Å²) in [5.74, 6) is 2.44. The van der Waals surface area contributed by atoms with Crippen molar-refractivity contribution in [1.29, 1.82) is 0 Å². The Hall–Kier alpha value is -0.920. The van der Waals surface area contributed by atoms with E-state index in [2.05, 4.69) is 13.8 Å². The van der Waals surface area contributed by atoms with Crippen molar-refractivity contribution in [2.75, 3.05) is 0 Å². The Morgan fingerprint density at radius 1 is 1.09 bits per heavy atom. The van der Waals surface area contributed by atoms with Crippen molar-refractivity contribution in [3.8, 4) is 0 Å². The van der Waals surface area contributed by atoms with Crippen LogP contribution in [-0.4, -0.2) is 11.6 Å². The molecule has 0 N–H and O–H groups in total. The molecule has 3 saturated carbocycles.